The lowest BCUT2D eigenvalue weighted by molar-refractivity contribution is 0.110. The molecule has 0 amide bonds. The molecule has 0 saturated heterocycles. The smallest absolute Gasteiger partial charge is 0.126 e. The van der Waals surface area contributed by atoms with Crippen LogP contribution in [0.5, 0.6) is 0 Å². The van der Waals surface area contributed by atoms with Gasteiger partial charge in [-0.25, -0.2) is 8.78 Å². The van der Waals surface area contributed by atoms with Crippen molar-refractivity contribution in [3.63, 3.8) is 0 Å². The highest BCUT2D eigenvalue weighted by atomic mass is 19.1. The van der Waals surface area contributed by atoms with Gasteiger partial charge in [0.1, 0.15) is 11.6 Å². The molecular weight excluding hydrogens is 198 g/mol. The van der Waals surface area contributed by atoms with Crippen LogP contribution in [0, 0.1) is 17.0 Å². The Hall–Kier alpha value is -0.960. The Labute approximate surface area is 87.7 Å². The molecule has 82 valence electrons. The van der Waals surface area contributed by atoms with Crippen molar-refractivity contribution >= 4 is 0 Å². The van der Waals surface area contributed by atoms with E-state index < -0.39 is 11.9 Å². The highest BCUT2D eigenvalue weighted by molar-refractivity contribution is 5.22. The standard InChI is InChI=1S/C12H14F2O/c1-8(15)12(4-5-12)7-9-6-10(13)2-3-11(9)14/h2-3,6,8,15H,4-5,7H2,1H3. The Morgan fingerprint density at radius 2 is 2.07 bits per heavy atom. The van der Waals surface area contributed by atoms with Crippen molar-refractivity contribution in [2.75, 3.05) is 0 Å². The van der Waals surface area contributed by atoms with Crippen LogP contribution in [0.2, 0.25) is 0 Å². The van der Waals surface area contributed by atoms with Gasteiger partial charge in [0.15, 0.2) is 0 Å². The molecular formula is C12H14F2O. The second kappa shape index (κ2) is 3.56. The number of aliphatic hydroxyl groups excluding tert-OH is 1. The van der Waals surface area contributed by atoms with E-state index in [2.05, 4.69) is 0 Å². The molecule has 1 N–H and O–H groups in total. The third-order valence-corrected chi connectivity index (χ3v) is 3.33. The summed E-state index contributed by atoms with van der Waals surface area (Å²) < 4.78 is 26.3. The Morgan fingerprint density at radius 3 is 2.60 bits per heavy atom. The van der Waals surface area contributed by atoms with Crippen LogP contribution in [0.15, 0.2) is 18.2 Å². The summed E-state index contributed by atoms with van der Waals surface area (Å²) in [6, 6.07) is 3.47. The van der Waals surface area contributed by atoms with E-state index in [0.29, 0.717) is 12.0 Å². The van der Waals surface area contributed by atoms with Gasteiger partial charge in [-0.1, -0.05) is 0 Å². The van der Waals surface area contributed by atoms with E-state index in [1.807, 2.05) is 0 Å². The van der Waals surface area contributed by atoms with E-state index in [0.717, 1.165) is 25.0 Å². The van der Waals surface area contributed by atoms with Crippen LogP contribution in [0.4, 0.5) is 8.78 Å². The highest BCUT2D eigenvalue weighted by Gasteiger charge is 2.47. The van der Waals surface area contributed by atoms with E-state index in [-0.39, 0.29) is 11.2 Å². The zero-order chi connectivity index (χ0) is 11.1. The fourth-order valence-electron chi connectivity index (χ4n) is 1.96. The first-order chi connectivity index (χ1) is 7.03. The van der Waals surface area contributed by atoms with Crippen molar-refractivity contribution in [2.24, 2.45) is 5.41 Å². The molecule has 0 spiro atoms. The molecule has 15 heavy (non-hydrogen) atoms. The third-order valence-electron chi connectivity index (χ3n) is 3.33. The molecule has 1 aromatic rings. The maximum atomic E-state index is 13.3. The maximum Gasteiger partial charge on any atom is 0.126 e. The molecule has 1 aliphatic carbocycles. The average molecular weight is 212 g/mol. The van der Waals surface area contributed by atoms with E-state index >= 15 is 0 Å². The molecule has 1 aliphatic rings. The molecule has 3 heteroatoms. The fraction of sp³-hybridized carbons (Fsp3) is 0.500. The first kappa shape index (κ1) is 10.6. The molecule has 0 aromatic heterocycles. The summed E-state index contributed by atoms with van der Waals surface area (Å²) in [6.07, 6.45) is 1.75. The lowest BCUT2D eigenvalue weighted by Gasteiger charge is -2.18. The normalized spacial score (nSPS) is 20.0. The molecule has 1 aromatic carbocycles. The van der Waals surface area contributed by atoms with Crippen LogP contribution in [0.25, 0.3) is 0 Å². The van der Waals surface area contributed by atoms with Crippen LogP contribution >= 0.6 is 0 Å². The second-order valence-corrected chi connectivity index (χ2v) is 4.45. The lowest BCUT2D eigenvalue weighted by atomic mass is 9.91. The summed E-state index contributed by atoms with van der Waals surface area (Å²) in [4.78, 5) is 0. The van der Waals surface area contributed by atoms with Crippen LogP contribution in [0.1, 0.15) is 25.3 Å². The Bertz CT molecular complexity index is 370. The van der Waals surface area contributed by atoms with Crippen molar-refractivity contribution in [3.8, 4) is 0 Å². The monoisotopic (exact) mass is 212 g/mol. The minimum atomic E-state index is -0.458. The molecule has 1 nitrogen and oxygen atoms in total. The number of rotatable bonds is 3. The second-order valence-electron chi connectivity index (χ2n) is 4.45. The first-order valence-corrected chi connectivity index (χ1v) is 5.15. The predicted octanol–water partition coefficient (Wildman–Crippen LogP) is 2.67. The SMILES string of the molecule is CC(O)C1(Cc2cc(F)ccc2F)CC1. The van der Waals surface area contributed by atoms with Gasteiger partial charge in [-0.3, -0.25) is 0 Å². The van der Waals surface area contributed by atoms with E-state index in [1.54, 1.807) is 6.92 Å². The van der Waals surface area contributed by atoms with Crippen molar-refractivity contribution in [1.82, 2.24) is 0 Å². The fourth-order valence-corrected chi connectivity index (χ4v) is 1.96. The largest absolute Gasteiger partial charge is 0.393 e. The minimum Gasteiger partial charge on any atom is -0.393 e. The summed E-state index contributed by atoms with van der Waals surface area (Å²) in [6.45, 7) is 1.71. The van der Waals surface area contributed by atoms with Gasteiger partial charge in [0.05, 0.1) is 6.10 Å². The summed E-state index contributed by atoms with van der Waals surface area (Å²) in [5.74, 6) is -0.809. The van der Waals surface area contributed by atoms with Crippen LogP contribution < -0.4 is 0 Å². The minimum absolute atomic E-state index is 0.214. The van der Waals surface area contributed by atoms with Crippen LogP contribution in [-0.4, -0.2) is 11.2 Å². The van der Waals surface area contributed by atoms with Crippen molar-refractivity contribution < 1.29 is 13.9 Å². The zero-order valence-corrected chi connectivity index (χ0v) is 8.63. The molecule has 1 unspecified atom stereocenters. The van der Waals surface area contributed by atoms with Gasteiger partial charge >= 0.3 is 0 Å². The van der Waals surface area contributed by atoms with E-state index in [4.69, 9.17) is 0 Å². The van der Waals surface area contributed by atoms with Gasteiger partial charge in [-0.05, 0) is 49.9 Å². The number of halogens is 2. The highest BCUT2D eigenvalue weighted by Crippen LogP contribution is 2.51. The predicted molar refractivity (Wildman–Crippen MR) is 53.4 cm³/mol. The molecule has 1 fully saturated rings. The van der Waals surface area contributed by atoms with Crippen molar-refractivity contribution in [2.45, 2.75) is 32.3 Å². The van der Waals surface area contributed by atoms with Gasteiger partial charge in [-0.15, -0.1) is 0 Å². The summed E-state index contributed by atoms with van der Waals surface area (Å²) >= 11 is 0. The summed E-state index contributed by atoms with van der Waals surface area (Å²) in [5, 5.41) is 9.55. The van der Waals surface area contributed by atoms with Gasteiger partial charge in [0.2, 0.25) is 0 Å². The Balaban J connectivity index is 2.21. The molecule has 0 heterocycles. The van der Waals surface area contributed by atoms with Gasteiger partial charge in [-0.2, -0.15) is 0 Å². The molecule has 1 saturated carbocycles. The third kappa shape index (κ3) is 2.02. The number of hydrogen-bond donors (Lipinski definition) is 1. The summed E-state index contributed by atoms with van der Waals surface area (Å²) in [5.41, 5.74) is 0.155. The molecule has 0 aliphatic heterocycles. The van der Waals surface area contributed by atoms with Crippen LogP contribution in [-0.2, 0) is 6.42 Å². The number of hydrogen-bond acceptors (Lipinski definition) is 1. The maximum absolute atomic E-state index is 13.3. The van der Waals surface area contributed by atoms with Crippen molar-refractivity contribution in [3.05, 3.63) is 35.4 Å². The topological polar surface area (TPSA) is 20.2 Å². The first-order valence-electron chi connectivity index (χ1n) is 5.15. The van der Waals surface area contributed by atoms with Crippen molar-refractivity contribution in [1.29, 1.82) is 0 Å². The van der Waals surface area contributed by atoms with E-state index in [9.17, 15) is 13.9 Å². The Morgan fingerprint density at radius 1 is 1.40 bits per heavy atom. The van der Waals surface area contributed by atoms with Gasteiger partial charge in [0, 0.05) is 5.41 Å². The molecule has 2 rings (SSSR count). The molecule has 1 atom stereocenters. The van der Waals surface area contributed by atoms with E-state index in [1.165, 1.54) is 6.07 Å². The lowest BCUT2D eigenvalue weighted by Crippen LogP contribution is -2.21. The molecule has 0 bridgehead atoms. The average Bonchev–Trinajstić information content (AvgIpc) is 2.92. The molecule has 0 radical (unpaired) electrons. The number of benzene rings is 1. The van der Waals surface area contributed by atoms with Crippen LogP contribution in [0.3, 0.4) is 0 Å². The van der Waals surface area contributed by atoms with Gasteiger partial charge < -0.3 is 5.11 Å². The zero-order valence-electron chi connectivity index (χ0n) is 8.63. The van der Waals surface area contributed by atoms with Gasteiger partial charge in [0.25, 0.3) is 0 Å². The Kier molecular flexibility index (Phi) is 2.51. The number of aliphatic hydroxyl groups is 1. The summed E-state index contributed by atoms with van der Waals surface area (Å²) in [7, 11) is 0. The quantitative estimate of drug-likeness (QED) is 0.816.